The van der Waals surface area contributed by atoms with Crippen LogP contribution in [0.1, 0.15) is 31.4 Å². The molecule has 0 fully saturated rings. The van der Waals surface area contributed by atoms with Crippen molar-refractivity contribution in [3.8, 4) is 0 Å². The molecule has 0 atom stereocenters. The Hall–Kier alpha value is -1.02. The summed E-state index contributed by atoms with van der Waals surface area (Å²) in [6.45, 7) is 3.78. The van der Waals surface area contributed by atoms with Crippen molar-refractivity contribution in [3.05, 3.63) is 41.5 Å². The topological polar surface area (TPSA) is 17.1 Å². The van der Waals surface area contributed by atoms with Crippen LogP contribution in [0.2, 0.25) is 0 Å². The SMILES string of the molecule is CCc1ccccc1C=CCCSC(C)=O. The molecule has 0 aliphatic rings. The van der Waals surface area contributed by atoms with E-state index in [-0.39, 0.29) is 5.12 Å². The second-order valence-electron chi connectivity index (χ2n) is 3.58. The third-order valence-corrected chi connectivity index (χ3v) is 3.17. The van der Waals surface area contributed by atoms with Crippen LogP contribution in [0.3, 0.4) is 0 Å². The van der Waals surface area contributed by atoms with Crippen molar-refractivity contribution in [1.29, 1.82) is 0 Å². The lowest BCUT2D eigenvalue weighted by molar-refractivity contribution is -0.109. The lowest BCUT2D eigenvalue weighted by Crippen LogP contribution is -1.86. The molecule has 0 amide bonds. The molecule has 0 radical (unpaired) electrons. The van der Waals surface area contributed by atoms with Crippen LogP contribution in [0, 0.1) is 0 Å². The molecule has 0 saturated carbocycles. The van der Waals surface area contributed by atoms with Gasteiger partial charge < -0.3 is 0 Å². The van der Waals surface area contributed by atoms with Gasteiger partial charge in [-0.3, -0.25) is 4.79 Å². The average Bonchev–Trinajstić information content (AvgIpc) is 2.29. The van der Waals surface area contributed by atoms with Gasteiger partial charge in [-0.1, -0.05) is 55.1 Å². The second-order valence-corrected chi connectivity index (χ2v) is 4.86. The van der Waals surface area contributed by atoms with Crippen LogP contribution >= 0.6 is 11.8 Å². The fraction of sp³-hybridized carbons (Fsp3) is 0.357. The van der Waals surface area contributed by atoms with E-state index in [0.717, 1.165) is 18.6 Å². The summed E-state index contributed by atoms with van der Waals surface area (Å²) >= 11 is 1.39. The first-order valence-corrected chi connectivity index (χ1v) is 6.60. The number of thioether (sulfide) groups is 1. The van der Waals surface area contributed by atoms with Gasteiger partial charge in [-0.05, 0) is 24.0 Å². The standard InChI is InChI=1S/C14H18OS/c1-3-13-8-4-5-9-14(13)10-6-7-11-16-12(2)15/h4-6,8-10H,3,7,11H2,1-2H3. The highest BCUT2D eigenvalue weighted by Gasteiger charge is 1.95. The summed E-state index contributed by atoms with van der Waals surface area (Å²) in [4.78, 5) is 10.7. The van der Waals surface area contributed by atoms with Crippen LogP contribution in [-0.4, -0.2) is 10.9 Å². The van der Waals surface area contributed by atoms with Gasteiger partial charge in [0.05, 0.1) is 0 Å². The van der Waals surface area contributed by atoms with Crippen LogP contribution in [0.15, 0.2) is 30.3 Å². The molecule has 1 aromatic carbocycles. The zero-order chi connectivity index (χ0) is 11.8. The Labute approximate surface area is 102 Å². The van der Waals surface area contributed by atoms with Crippen molar-refractivity contribution in [2.45, 2.75) is 26.7 Å². The molecule has 0 spiro atoms. The van der Waals surface area contributed by atoms with E-state index >= 15 is 0 Å². The number of allylic oxidation sites excluding steroid dienone is 1. The minimum atomic E-state index is 0.197. The van der Waals surface area contributed by atoms with Crippen molar-refractivity contribution >= 4 is 23.0 Å². The Bertz CT molecular complexity index is 369. The molecule has 0 unspecified atom stereocenters. The van der Waals surface area contributed by atoms with Crippen molar-refractivity contribution in [1.82, 2.24) is 0 Å². The molecule has 0 aliphatic carbocycles. The molecule has 86 valence electrons. The third-order valence-electron chi connectivity index (χ3n) is 2.32. The molecule has 1 nitrogen and oxygen atoms in total. The van der Waals surface area contributed by atoms with Gasteiger partial charge in [0.1, 0.15) is 0 Å². The lowest BCUT2D eigenvalue weighted by Gasteiger charge is -2.01. The van der Waals surface area contributed by atoms with E-state index in [1.165, 1.54) is 22.9 Å². The highest BCUT2D eigenvalue weighted by molar-refractivity contribution is 8.13. The summed E-state index contributed by atoms with van der Waals surface area (Å²) in [6.07, 6.45) is 6.30. The summed E-state index contributed by atoms with van der Waals surface area (Å²) in [5, 5.41) is 0.197. The van der Waals surface area contributed by atoms with E-state index in [9.17, 15) is 4.79 Å². The van der Waals surface area contributed by atoms with Gasteiger partial charge in [0.25, 0.3) is 0 Å². The summed E-state index contributed by atoms with van der Waals surface area (Å²) in [5.41, 5.74) is 2.66. The van der Waals surface area contributed by atoms with Crippen LogP contribution in [0.4, 0.5) is 0 Å². The first kappa shape index (κ1) is 13.0. The third kappa shape index (κ3) is 4.67. The van der Waals surface area contributed by atoms with Crippen LogP contribution in [-0.2, 0) is 11.2 Å². The van der Waals surface area contributed by atoms with Gasteiger partial charge >= 0.3 is 0 Å². The Kier molecular flexibility index (Phi) is 5.94. The van der Waals surface area contributed by atoms with E-state index in [4.69, 9.17) is 0 Å². The summed E-state index contributed by atoms with van der Waals surface area (Å²) in [6, 6.07) is 8.42. The maximum absolute atomic E-state index is 10.7. The predicted molar refractivity (Wildman–Crippen MR) is 72.6 cm³/mol. The van der Waals surface area contributed by atoms with Crippen molar-refractivity contribution in [3.63, 3.8) is 0 Å². The molecule has 1 aromatic rings. The summed E-state index contributed by atoms with van der Waals surface area (Å²) in [7, 11) is 0. The predicted octanol–water partition coefficient (Wildman–Crippen LogP) is 3.93. The lowest BCUT2D eigenvalue weighted by atomic mass is 10.0. The van der Waals surface area contributed by atoms with Gasteiger partial charge in [-0.2, -0.15) is 0 Å². The summed E-state index contributed by atoms with van der Waals surface area (Å²) < 4.78 is 0. The monoisotopic (exact) mass is 234 g/mol. The number of carbonyl (C=O) groups excluding carboxylic acids is 1. The number of carbonyl (C=O) groups is 1. The fourth-order valence-corrected chi connectivity index (χ4v) is 2.04. The van der Waals surface area contributed by atoms with Gasteiger partial charge in [-0.25, -0.2) is 0 Å². The molecule has 1 rings (SSSR count). The van der Waals surface area contributed by atoms with Gasteiger partial charge in [0.2, 0.25) is 0 Å². The van der Waals surface area contributed by atoms with Gasteiger partial charge in [0, 0.05) is 12.7 Å². The molecule has 0 aliphatic heterocycles. The van der Waals surface area contributed by atoms with Crippen molar-refractivity contribution in [2.75, 3.05) is 5.75 Å². The minimum absolute atomic E-state index is 0.197. The Morgan fingerprint density at radius 2 is 2.12 bits per heavy atom. The van der Waals surface area contributed by atoms with E-state index in [2.05, 4.69) is 43.3 Å². The van der Waals surface area contributed by atoms with Crippen LogP contribution in [0.25, 0.3) is 6.08 Å². The highest BCUT2D eigenvalue weighted by atomic mass is 32.2. The first-order valence-electron chi connectivity index (χ1n) is 5.62. The van der Waals surface area contributed by atoms with E-state index in [0.29, 0.717) is 0 Å². The van der Waals surface area contributed by atoms with Gasteiger partial charge in [-0.15, -0.1) is 0 Å². The minimum Gasteiger partial charge on any atom is -0.288 e. The molecule has 0 heterocycles. The zero-order valence-electron chi connectivity index (χ0n) is 9.90. The van der Waals surface area contributed by atoms with Crippen molar-refractivity contribution in [2.24, 2.45) is 0 Å². The summed E-state index contributed by atoms with van der Waals surface area (Å²) in [5.74, 6) is 0.875. The molecular formula is C14H18OS. The van der Waals surface area contributed by atoms with Crippen molar-refractivity contribution < 1.29 is 4.79 Å². The smallest absolute Gasteiger partial charge is 0.185 e. The molecule has 0 saturated heterocycles. The first-order chi connectivity index (χ1) is 7.74. The quantitative estimate of drug-likeness (QED) is 0.718. The number of hydrogen-bond acceptors (Lipinski definition) is 2. The van der Waals surface area contributed by atoms with Crippen LogP contribution in [0.5, 0.6) is 0 Å². The fourth-order valence-electron chi connectivity index (χ4n) is 1.50. The largest absolute Gasteiger partial charge is 0.288 e. The molecule has 16 heavy (non-hydrogen) atoms. The number of rotatable bonds is 5. The highest BCUT2D eigenvalue weighted by Crippen LogP contribution is 2.12. The molecule has 0 N–H and O–H groups in total. The molecular weight excluding hydrogens is 216 g/mol. The Morgan fingerprint density at radius 1 is 1.38 bits per heavy atom. The average molecular weight is 234 g/mol. The normalized spacial score (nSPS) is 10.9. The number of benzene rings is 1. The van der Waals surface area contributed by atoms with E-state index in [1.54, 1.807) is 6.92 Å². The Morgan fingerprint density at radius 3 is 2.81 bits per heavy atom. The molecule has 2 heteroatoms. The van der Waals surface area contributed by atoms with Crippen LogP contribution < -0.4 is 0 Å². The van der Waals surface area contributed by atoms with E-state index in [1.807, 2.05) is 0 Å². The number of aryl methyl sites for hydroxylation is 1. The maximum atomic E-state index is 10.7. The molecule has 0 bridgehead atoms. The zero-order valence-corrected chi connectivity index (χ0v) is 10.7. The molecule has 0 aromatic heterocycles. The Balaban J connectivity index is 2.46. The van der Waals surface area contributed by atoms with E-state index < -0.39 is 0 Å². The second kappa shape index (κ2) is 7.29. The maximum Gasteiger partial charge on any atom is 0.185 e. The number of hydrogen-bond donors (Lipinski definition) is 0. The van der Waals surface area contributed by atoms with Gasteiger partial charge in [0.15, 0.2) is 5.12 Å².